The number of aliphatic hydroxyl groups is 1. The van der Waals surface area contributed by atoms with E-state index in [9.17, 15) is 28.6 Å². The summed E-state index contributed by atoms with van der Waals surface area (Å²) in [5, 5.41) is 31.8. The molecule has 0 atom stereocenters. The molecule has 1 amide bonds. The Morgan fingerprint density at radius 2 is 1.31 bits per heavy atom. The molecule has 0 saturated heterocycles. The zero-order chi connectivity index (χ0) is 35.6. The number of aryl methyl sites for hydroxylation is 2. The van der Waals surface area contributed by atoms with Crippen LogP contribution in [0, 0.1) is 11.6 Å². The fourth-order valence-electron chi connectivity index (χ4n) is 5.97. The average molecular weight is 692 g/mol. The van der Waals surface area contributed by atoms with Crippen LogP contribution in [0.25, 0.3) is 66.9 Å². The van der Waals surface area contributed by atoms with E-state index in [1.54, 1.807) is 48.0 Å². The second-order valence-electron chi connectivity index (χ2n) is 12.3. The van der Waals surface area contributed by atoms with E-state index in [1.165, 1.54) is 36.7 Å². The Kier molecular flexibility index (Phi) is 7.30. The van der Waals surface area contributed by atoms with Crippen LogP contribution in [-0.2, 0) is 14.1 Å². The van der Waals surface area contributed by atoms with Crippen molar-refractivity contribution < 1.29 is 28.6 Å². The third-order valence-electron chi connectivity index (χ3n) is 8.88. The molecule has 0 radical (unpaired) electrons. The van der Waals surface area contributed by atoms with Crippen molar-refractivity contribution >= 4 is 56.0 Å². The van der Waals surface area contributed by atoms with Gasteiger partial charge in [-0.25, -0.2) is 33.5 Å². The van der Waals surface area contributed by atoms with Crippen molar-refractivity contribution in [2.75, 3.05) is 6.61 Å². The summed E-state index contributed by atoms with van der Waals surface area (Å²) in [6, 6.07) is 8.79. The van der Waals surface area contributed by atoms with Crippen LogP contribution in [0.1, 0.15) is 33.6 Å². The van der Waals surface area contributed by atoms with E-state index >= 15 is 0 Å². The lowest BCUT2D eigenvalue weighted by molar-refractivity contribution is 0.0698. The number of carbonyl (C=O) groups excluding carboxylic acids is 1. The first-order valence-electron chi connectivity index (χ1n) is 15.6. The Bertz CT molecular complexity index is 2690. The van der Waals surface area contributed by atoms with Crippen molar-refractivity contribution in [3.8, 4) is 22.8 Å². The van der Waals surface area contributed by atoms with Crippen LogP contribution in [0.4, 0.5) is 8.78 Å². The molecule has 15 nitrogen and oxygen atoms in total. The van der Waals surface area contributed by atoms with Crippen molar-refractivity contribution in [2.45, 2.75) is 18.4 Å². The van der Waals surface area contributed by atoms with Crippen LogP contribution in [-0.4, -0.2) is 83.7 Å². The molecule has 0 aliphatic heterocycles. The van der Waals surface area contributed by atoms with Crippen molar-refractivity contribution in [2.24, 2.45) is 14.1 Å². The number of nitrogens with one attached hydrogen (secondary N) is 3. The molecule has 9 rings (SSSR count). The Labute approximate surface area is 285 Å². The zero-order valence-corrected chi connectivity index (χ0v) is 26.9. The monoisotopic (exact) mass is 691 g/mol. The highest BCUT2D eigenvalue weighted by atomic mass is 19.1. The quantitative estimate of drug-likeness (QED) is 0.168. The van der Waals surface area contributed by atoms with Gasteiger partial charge in [-0.3, -0.25) is 14.2 Å². The number of benzene rings is 2. The summed E-state index contributed by atoms with van der Waals surface area (Å²) in [7, 11) is 3.44. The summed E-state index contributed by atoms with van der Waals surface area (Å²) in [6.45, 7) is -0.0888. The van der Waals surface area contributed by atoms with Gasteiger partial charge in [0, 0.05) is 37.3 Å². The third-order valence-corrected chi connectivity index (χ3v) is 8.88. The Morgan fingerprint density at radius 1 is 0.824 bits per heavy atom. The lowest BCUT2D eigenvalue weighted by Crippen LogP contribution is -2.39. The standard InChI is InChI=1S/C19H17FN6O2.C15H10FN5O2/c1-26-14-6-10(20)2-3-11(14)15(25-26)13-8-22-17-16(23-13)12(7-21-17)18(28)24-19(9-27)4-5-19;1-21-11-4-7(16)2-3-8(11)12(20-21)10-6-18-14-13(19-10)9(5-17-14)15(22)23/h2-3,6-8,27H,4-5,9H2,1H3,(H,21,22)(H,24,28);2-6H,1H3,(H,17,18)(H,22,23). The molecule has 8 aromatic rings. The van der Waals surface area contributed by atoms with E-state index < -0.39 is 11.5 Å². The fourth-order valence-corrected chi connectivity index (χ4v) is 5.97. The van der Waals surface area contributed by atoms with E-state index in [1.807, 2.05) is 0 Å². The number of aromatic nitrogens is 10. The summed E-state index contributed by atoms with van der Waals surface area (Å²) < 4.78 is 30.1. The molecule has 17 heteroatoms. The van der Waals surface area contributed by atoms with Gasteiger partial charge in [0.05, 0.1) is 41.1 Å². The molecule has 0 unspecified atom stereocenters. The van der Waals surface area contributed by atoms with Gasteiger partial charge in [0.25, 0.3) is 5.91 Å². The minimum atomic E-state index is -1.09. The summed E-state index contributed by atoms with van der Waals surface area (Å²) in [4.78, 5) is 47.1. The van der Waals surface area contributed by atoms with Crippen LogP contribution >= 0.6 is 0 Å². The highest BCUT2D eigenvalue weighted by Gasteiger charge is 2.44. The number of rotatable bonds is 6. The van der Waals surface area contributed by atoms with Gasteiger partial charge in [-0.2, -0.15) is 10.2 Å². The van der Waals surface area contributed by atoms with Gasteiger partial charge < -0.3 is 25.5 Å². The number of amides is 1. The number of nitrogens with zero attached hydrogens (tertiary/aromatic N) is 8. The molecular weight excluding hydrogens is 664 g/mol. The van der Waals surface area contributed by atoms with Crippen LogP contribution in [0.2, 0.25) is 0 Å². The van der Waals surface area contributed by atoms with Crippen LogP contribution in [0.3, 0.4) is 0 Å². The first kappa shape index (κ1) is 31.6. The number of aromatic carboxylic acids is 1. The second-order valence-corrected chi connectivity index (χ2v) is 12.3. The van der Waals surface area contributed by atoms with Crippen LogP contribution in [0.5, 0.6) is 0 Å². The molecule has 51 heavy (non-hydrogen) atoms. The first-order valence-corrected chi connectivity index (χ1v) is 15.6. The molecule has 5 N–H and O–H groups in total. The van der Waals surface area contributed by atoms with Crippen LogP contribution in [0.15, 0.2) is 61.2 Å². The minimum absolute atomic E-state index is 0.0423. The molecular formula is C34H27F2N11O4. The summed E-state index contributed by atoms with van der Waals surface area (Å²) in [5.41, 5.74) is 4.69. The number of carboxylic acid groups (broad SMARTS) is 1. The zero-order valence-electron chi connectivity index (χ0n) is 26.9. The number of carbonyl (C=O) groups is 2. The highest BCUT2D eigenvalue weighted by Crippen LogP contribution is 2.35. The second kappa shape index (κ2) is 11.8. The van der Waals surface area contributed by atoms with Gasteiger partial charge in [-0.15, -0.1) is 0 Å². The van der Waals surface area contributed by atoms with Gasteiger partial charge in [0.2, 0.25) is 0 Å². The smallest absolute Gasteiger partial charge is 0.339 e. The summed E-state index contributed by atoms with van der Waals surface area (Å²) >= 11 is 0. The predicted octanol–water partition coefficient (Wildman–Crippen LogP) is 4.25. The number of hydrogen-bond acceptors (Lipinski definition) is 9. The topological polar surface area (TPSA) is 205 Å². The molecule has 2 aromatic carbocycles. The van der Waals surface area contributed by atoms with E-state index in [-0.39, 0.29) is 35.2 Å². The first-order chi connectivity index (χ1) is 24.5. The maximum absolute atomic E-state index is 13.6. The SMILES string of the molecule is Cn1nc(-c2cnc3[nH]cc(C(=O)NC4(CO)CC4)c3n2)c2ccc(F)cc21.Cn1nc(-c2cnc3[nH]cc(C(=O)O)c3n2)c2ccc(F)cc21. The van der Waals surface area contributed by atoms with Crippen molar-refractivity contribution in [3.63, 3.8) is 0 Å². The molecule has 6 aromatic heterocycles. The van der Waals surface area contributed by atoms with Gasteiger partial charge in [-0.1, -0.05) is 0 Å². The van der Waals surface area contributed by atoms with Gasteiger partial charge in [0.1, 0.15) is 51.0 Å². The summed E-state index contributed by atoms with van der Waals surface area (Å²) in [5.74, 6) is -2.09. The summed E-state index contributed by atoms with van der Waals surface area (Å²) in [6.07, 6.45) is 7.50. The van der Waals surface area contributed by atoms with Gasteiger partial charge >= 0.3 is 5.97 Å². The third kappa shape index (κ3) is 5.48. The van der Waals surface area contributed by atoms with Crippen LogP contribution < -0.4 is 5.32 Å². The van der Waals surface area contributed by atoms with E-state index in [0.717, 1.165) is 23.6 Å². The lowest BCUT2D eigenvalue weighted by Gasteiger charge is -2.13. The lowest BCUT2D eigenvalue weighted by atomic mass is 10.1. The molecule has 1 aliphatic carbocycles. The maximum atomic E-state index is 13.6. The van der Waals surface area contributed by atoms with Crippen molar-refractivity contribution in [3.05, 3.63) is 83.9 Å². The minimum Gasteiger partial charge on any atom is -0.478 e. The number of aromatic amines is 2. The number of halogens is 2. The molecule has 1 aliphatic rings. The molecule has 1 saturated carbocycles. The number of H-pyrrole nitrogens is 2. The molecule has 0 bridgehead atoms. The van der Waals surface area contributed by atoms with Crippen molar-refractivity contribution in [1.82, 2.24) is 54.8 Å². The van der Waals surface area contributed by atoms with Gasteiger partial charge in [0.15, 0.2) is 11.3 Å². The molecule has 256 valence electrons. The normalized spacial score (nSPS) is 13.5. The van der Waals surface area contributed by atoms with Gasteiger partial charge in [-0.05, 0) is 49.2 Å². The fraction of sp³-hybridized carbons (Fsp3) is 0.176. The number of carboxylic acids is 1. The van der Waals surface area contributed by atoms with E-state index in [2.05, 4.69) is 45.4 Å². The number of fused-ring (bicyclic) bond motifs is 4. The Balaban J connectivity index is 0.000000150. The highest BCUT2D eigenvalue weighted by molar-refractivity contribution is 6.05. The van der Waals surface area contributed by atoms with Crippen molar-refractivity contribution in [1.29, 1.82) is 0 Å². The molecule has 1 fully saturated rings. The predicted molar refractivity (Wildman–Crippen MR) is 181 cm³/mol. The average Bonchev–Trinajstić information content (AvgIpc) is 3.41. The number of aliphatic hydroxyl groups excluding tert-OH is 1. The largest absolute Gasteiger partial charge is 0.478 e. The molecule has 6 heterocycles. The maximum Gasteiger partial charge on any atom is 0.339 e. The Hall–Kier alpha value is -6.62. The molecule has 0 spiro atoms. The van der Waals surface area contributed by atoms with E-state index in [4.69, 9.17) is 0 Å². The Morgan fingerprint density at radius 3 is 1.78 bits per heavy atom. The number of hydrogen-bond donors (Lipinski definition) is 5. The van der Waals surface area contributed by atoms with E-state index in [0.29, 0.717) is 56.2 Å².